The quantitative estimate of drug-likeness (QED) is 0.936. The summed E-state index contributed by atoms with van der Waals surface area (Å²) >= 11 is 1.27. The van der Waals surface area contributed by atoms with Gasteiger partial charge in [-0.2, -0.15) is 0 Å². The van der Waals surface area contributed by atoms with Gasteiger partial charge < -0.3 is 10.6 Å². The van der Waals surface area contributed by atoms with Gasteiger partial charge in [0.15, 0.2) is 5.13 Å². The molecule has 0 radical (unpaired) electrons. The lowest BCUT2D eigenvalue weighted by atomic mass is 10.2. The van der Waals surface area contributed by atoms with E-state index in [4.69, 9.17) is 5.73 Å². The molecule has 20 heavy (non-hydrogen) atoms. The highest BCUT2D eigenvalue weighted by Crippen LogP contribution is 2.32. The van der Waals surface area contributed by atoms with E-state index in [1.165, 1.54) is 11.3 Å². The van der Waals surface area contributed by atoms with E-state index in [0.29, 0.717) is 28.3 Å². The first-order valence-electron chi connectivity index (χ1n) is 6.58. The van der Waals surface area contributed by atoms with E-state index >= 15 is 0 Å². The molecule has 1 aliphatic rings. The molecule has 1 fully saturated rings. The van der Waals surface area contributed by atoms with Crippen LogP contribution in [0.3, 0.4) is 0 Å². The Hall–Kier alpha value is -1.95. The molecule has 2 aromatic rings. The number of hydrogen-bond donors (Lipinski definition) is 1. The number of amides is 1. The van der Waals surface area contributed by atoms with Crippen molar-refractivity contribution in [1.29, 1.82) is 0 Å². The minimum Gasteiger partial charge on any atom is -0.375 e. The molecule has 1 saturated carbocycles. The van der Waals surface area contributed by atoms with E-state index in [9.17, 15) is 4.79 Å². The predicted molar refractivity (Wildman–Crippen MR) is 78.4 cm³/mol. The summed E-state index contributed by atoms with van der Waals surface area (Å²) in [5.74, 6) is 0.0306. The molecule has 0 atom stereocenters. The predicted octanol–water partition coefficient (Wildman–Crippen LogP) is 2.23. The van der Waals surface area contributed by atoms with Gasteiger partial charge in [0.25, 0.3) is 5.91 Å². The van der Waals surface area contributed by atoms with Crippen molar-refractivity contribution in [1.82, 2.24) is 14.9 Å². The maximum absolute atomic E-state index is 12.7. The number of anilines is 1. The first-order chi connectivity index (χ1) is 9.65. The van der Waals surface area contributed by atoms with Crippen LogP contribution in [0.2, 0.25) is 0 Å². The maximum Gasteiger partial charge on any atom is 0.266 e. The zero-order valence-electron chi connectivity index (χ0n) is 11.2. The summed E-state index contributed by atoms with van der Waals surface area (Å²) in [6, 6.07) is 4.22. The highest BCUT2D eigenvalue weighted by atomic mass is 32.1. The van der Waals surface area contributed by atoms with Crippen LogP contribution in [-0.2, 0) is 6.54 Å². The molecule has 0 spiro atoms. The van der Waals surface area contributed by atoms with Gasteiger partial charge in [-0.3, -0.25) is 9.78 Å². The Bertz CT molecular complexity index is 621. The summed E-state index contributed by atoms with van der Waals surface area (Å²) in [6.45, 7) is 2.42. The fraction of sp³-hybridized carbons (Fsp3) is 0.357. The molecule has 0 aliphatic heterocycles. The van der Waals surface area contributed by atoms with Crippen LogP contribution in [0.4, 0.5) is 5.13 Å². The van der Waals surface area contributed by atoms with Crippen molar-refractivity contribution in [2.24, 2.45) is 0 Å². The van der Waals surface area contributed by atoms with Crippen LogP contribution in [0.1, 0.15) is 33.8 Å². The summed E-state index contributed by atoms with van der Waals surface area (Å²) in [7, 11) is 0. The zero-order chi connectivity index (χ0) is 14.1. The number of thiazole rings is 1. The lowest BCUT2D eigenvalue weighted by molar-refractivity contribution is 0.0734. The standard InChI is InChI=1S/C14H16N4OS/c1-9-12(20-14(15)17-9)13(19)18(11-4-5-11)8-10-3-2-6-16-7-10/h2-3,6-7,11H,4-5,8H2,1H3,(H2,15,17). The number of carbonyl (C=O) groups excluding carboxylic acids is 1. The van der Waals surface area contributed by atoms with E-state index in [0.717, 1.165) is 18.4 Å². The van der Waals surface area contributed by atoms with Crippen molar-refractivity contribution in [2.45, 2.75) is 32.4 Å². The lowest BCUT2D eigenvalue weighted by Gasteiger charge is -2.21. The van der Waals surface area contributed by atoms with Crippen LogP contribution >= 0.6 is 11.3 Å². The lowest BCUT2D eigenvalue weighted by Crippen LogP contribution is -2.32. The Labute approximate surface area is 121 Å². The van der Waals surface area contributed by atoms with Crippen molar-refractivity contribution in [3.63, 3.8) is 0 Å². The number of hydrogen-bond acceptors (Lipinski definition) is 5. The average molecular weight is 288 g/mol. The normalized spacial score (nSPS) is 14.2. The third-order valence-electron chi connectivity index (χ3n) is 3.33. The number of nitrogens with two attached hydrogens (primary N) is 1. The number of rotatable bonds is 4. The molecular weight excluding hydrogens is 272 g/mol. The fourth-order valence-corrected chi connectivity index (χ4v) is 2.98. The number of pyridine rings is 1. The van der Waals surface area contributed by atoms with Crippen molar-refractivity contribution in [2.75, 3.05) is 5.73 Å². The van der Waals surface area contributed by atoms with E-state index in [2.05, 4.69) is 9.97 Å². The van der Waals surface area contributed by atoms with Crippen LogP contribution in [0.25, 0.3) is 0 Å². The Morgan fingerprint density at radius 2 is 2.35 bits per heavy atom. The van der Waals surface area contributed by atoms with Crippen molar-refractivity contribution < 1.29 is 4.79 Å². The number of carbonyl (C=O) groups is 1. The molecule has 0 aromatic carbocycles. The van der Waals surface area contributed by atoms with Crippen LogP contribution in [0.15, 0.2) is 24.5 Å². The molecule has 3 rings (SSSR count). The molecule has 0 unspecified atom stereocenters. The largest absolute Gasteiger partial charge is 0.375 e. The summed E-state index contributed by atoms with van der Waals surface area (Å²) in [5.41, 5.74) is 7.45. The van der Waals surface area contributed by atoms with Crippen LogP contribution < -0.4 is 5.73 Å². The molecule has 1 amide bonds. The average Bonchev–Trinajstić information content (AvgIpc) is 3.22. The highest BCUT2D eigenvalue weighted by Gasteiger charge is 2.34. The number of nitrogens with zero attached hydrogens (tertiary/aromatic N) is 3. The third-order valence-corrected chi connectivity index (χ3v) is 4.31. The van der Waals surface area contributed by atoms with E-state index in [1.54, 1.807) is 12.4 Å². The molecule has 2 N–H and O–H groups in total. The molecule has 104 valence electrons. The van der Waals surface area contributed by atoms with E-state index in [-0.39, 0.29) is 5.91 Å². The van der Waals surface area contributed by atoms with Gasteiger partial charge in [0.1, 0.15) is 4.88 Å². The first kappa shape index (κ1) is 13.1. The second-order valence-electron chi connectivity index (χ2n) is 4.99. The van der Waals surface area contributed by atoms with Crippen molar-refractivity contribution in [3.8, 4) is 0 Å². The van der Waals surface area contributed by atoms with Crippen LogP contribution in [0.5, 0.6) is 0 Å². The van der Waals surface area contributed by atoms with E-state index < -0.39 is 0 Å². The SMILES string of the molecule is Cc1nc(N)sc1C(=O)N(Cc1cccnc1)C1CC1. The van der Waals surface area contributed by atoms with Crippen LogP contribution in [0, 0.1) is 6.92 Å². The van der Waals surface area contributed by atoms with Crippen molar-refractivity contribution >= 4 is 22.4 Å². The molecule has 1 aliphatic carbocycles. The fourth-order valence-electron chi connectivity index (χ4n) is 2.19. The Balaban J connectivity index is 1.84. The van der Waals surface area contributed by atoms with Crippen molar-refractivity contribution in [3.05, 3.63) is 40.7 Å². The summed E-state index contributed by atoms with van der Waals surface area (Å²) in [4.78, 5) is 23.5. The molecular formula is C14H16N4OS. The Morgan fingerprint density at radius 3 is 2.90 bits per heavy atom. The molecule has 6 heteroatoms. The molecule has 5 nitrogen and oxygen atoms in total. The minimum absolute atomic E-state index is 0.0306. The number of aromatic nitrogens is 2. The van der Waals surface area contributed by atoms with Gasteiger partial charge in [-0.05, 0) is 31.4 Å². The van der Waals surface area contributed by atoms with Gasteiger partial charge in [0, 0.05) is 25.0 Å². The van der Waals surface area contributed by atoms with Crippen LogP contribution in [-0.4, -0.2) is 26.8 Å². The van der Waals surface area contributed by atoms with Gasteiger partial charge >= 0.3 is 0 Å². The topological polar surface area (TPSA) is 72.1 Å². The number of nitrogen functional groups attached to an aromatic ring is 1. The minimum atomic E-state index is 0.0306. The second-order valence-corrected chi connectivity index (χ2v) is 6.02. The highest BCUT2D eigenvalue weighted by molar-refractivity contribution is 7.17. The van der Waals surface area contributed by atoms with Gasteiger partial charge in [0.05, 0.1) is 5.69 Å². The number of aryl methyl sites for hydroxylation is 1. The monoisotopic (exact) mass is 288 g/mol. The zero-order valence-corrected chi connectivity index (χ0v) is 12.1. The molecule has 0 bridgehead atoms. The van der Waals surface area contributed by atoms with Gasteiger partial charge in [-0.1, -0.05) is 17.4 Å². The second kappa shape index (κ2) is 5.20. The molecule has 2 heterocycles. The molecule has 0 saturated heterocycles. The Morgan fingerprint density at radius 1 is 1.55 bits per heavy atom. The smallest absolute Gasteiger partial charge is 0.266 e. The molecule has 2 aromatic heterocycles. The third kappa shape index (κ3) is 2.65. The van der Waals surface area contributed by atoms with Gasteiger partial charge in [-0.15, -0.1) is 0 Å². The summed E-state index contributed by atoms with van der Waals surface area (Å²) in [6.07, 6.45) is 5.68. The maximum atomic E-state index is 12.7. The summed E-state index contributed by atoms with van der Waals surface area (Å²) in [5, 5.41) is 0.447. The van der Waals surface area contributed by atoms with Gasteiger partial charge in [-0.25, -0.2) is 4.98 Å². The first-order valence-corrected chi connectivity index (χ1v) is 7.39. The van der Waals surface area contributed by atoms with Gasteiger partial charge in [0.2, 0.25) is 0 Å². The summed E-state index contributed by atoms with van der Waals surface area (Å²) < 4.78 is 0. The van der Waals surface area contributed by atoms with E-state index in [1.807, 2.05) is 24.0 Å². The Kier molecular flexibility index (Phi) is 3.40.